The van der Waals surface area contributed by atoms with E-state index in [0.717, 1.165) is 0 Å². The quantitative estimate of drug-likeness (QED) is 0.432. The zero-order valence-corrected chi connectivity index (χ0v) is 15.9. The van der Waals surface area contributed by atoms with Gasteiger partial charge in [-0.2, -0.15) is 0 Å². The van der Waals surface area contributed by atoms with Gasteiger partial charge < -0.3 is 9.80 Å². The number of nitrogens with zero attached hydrogens (tertiary/aromatic N) is 3. The maximum atomic E-state index is 12.4. The molecule has 2 aromatic carbocycles. The van der Waals surface area contributed by atoms with E-state index in [1.807, 2.05) is 4.90 Å². The van der Waals surface area contributed by atoms with Crippen LogP contribution in [-0.2, 0) is 4.79 Å². The van der Waals surface area contributed by atoms with Crippen LogP contribution in [0.4, 0.5) is 11.4 Å². The Balaban J connectivity index is 1.65. The largest absolute Gasteiger partial charge is 0.362 e. The smallest absolute Gasteiger partial charge is 0.292 e. The van der Waals surface area contributed by atoms with Crippen LogP contribution in [0.1, 0.15) is 5.56 Å². The number of anilines is 1. The van der Waals surface area contributed by atoms with Crippen molar-refractivity contribution in [1.82, 2.24) is 4.90 Å². The van der Waals surface area contributed by atoms with Gasteiger partial charge in [0.2, 0.25) is 5.91 Å². The number of rotatable bonds is 4. The van der Waals surface area contributed by atoms with Crippen LogP contribution in [0, 0.1) is 10.1 Å². The van der Waals surface area contributed by atoms with Gasteiger partial charge in [-0.25, -0.2) is 0 Å². The first-order chi connectivity index (χ1) is 13.0. The number of nitro benzene ring substituents is 1. The third-order valence-electron chi connectivity index (χ3n) is 4.40. The van der Waals surface area contributed by atoms with Gasteiger partial charge in [0.1, 0.15) is 5.69 Å². The number of hydrogen-bond donors (Lipinski definition) is 0. The molecule has 0 atom stereocenters. The number of amides is 1. The molecule has 1 amide bonds. The van der Waals surface area contributed by atoms with Crippen molar-refractivity contribution in [1.29, 1.82) is 0 Å². The highest BCUT2D eigenvalue weighted by molar-refractivity contribution is 6.37. The van der Waals surface area contributed by atoms with E-state index in [-0.39, 0.29) is 16.5 Å². The third-order valence-corrected chi connectivity index (χ3v) is 5.06. The molecule has 1 aliphatic rings. The molecule has 1 aliphatic heterocycles. The predicted molar refractivity (Wildman–Crippen MR) is 107 cm³/mol. The fraction of sp³-hybridized carbons (Fsp3) is 0.211. The second-order valence-corrected chi connectivity index (χ2v) is 6.84. The van der Waals surface area contributed by atoms with Crippen molar-refractivity contribution in [3.8, 4) is 0 Å². The van der Waals surface area contributed by atoms with Crippen molar-refractivity contribution >= 4 is 46.6 Å². The summed E-state index contributed by atoms with van der Waals surface area (Å²) in [7, 11) is 0. The van der Waals surface area contributed by atoms with Crippen LogP contribution >= 0.6 is 23.2 Å². The fourth-order valence-corrected chi connectivity index (χ4v) is 3.51. The highest BCUT2D eigenvalue weighted by Gasteiger charge is 2.24. The molecule has 2 aromatic rings. The van der Waals surface area contributed by atoms with Crippen molar-refractivity contribution in [2.24, 2.45) is 0 Å². The lowest BCUT2D eigenvalue weighted by atomic mass is 10.2. The molecule has 0 unspecified atom stereocenters. The van der Waals surface area contributed by atoms with Crippen molar-refractivity contribution in [3.63, 3.8) is 0 Å². The van der Waals surface area contributed by atoms with Crippen molar-refractivity contribution in [2.75, 3.05) is 31.1 Å². The first-order valence-electron chi connectivity index (χ1n) is 8.37. The van der Waals surface area contributed by atoms with Gasteiger partial charge in [-0.1, -0.05) is 41.4 Å². The zero-order chi connectivity index (χ0) is 19.4. The highest BCUT2D eigenvalue weighted by atomic mass is 35.5. The average molecular weight is 406 g/mol. The topological polar surface area (TPSA) is 66.7 Å². The number of benzene rings is 2. The second kappa shape index (κ2) is 8.41. The van der Waals surface area contributed by atoms with Crippen LogP contribution < -0.4 is 4.90 Å². The summed E-state index contributed by atoms with van der Waals surface area (Å²) >= 11 is 12.2. The van der Waals surface area contributed by atoms with Crippen LogP contribution in [0.15, 0.2) is 48.5 Å². The van der Waals surface area contributed by atoms with Crippen LogP contribution in [0.25, 0.3) is 6.08 Å². The predicted octanol–water partition coefficient (Wildman–Crippen LogP) is 4.26. The van der Waals surface area contributed by atoms with Gasteiger partial charge >= 0.3 is 0 Å². The molecule has 1 fully saturated rings. The molecule has 0 N–H and O–H groups in total. The van der Waals surface area contributed by atoms with Crippen LogP contribution in [0.5, 0.6) is 0 Å². The number of piperazine rings is 1. The number of carbonyl (C=O) groups is 1. The van der Waals surface area contributed by atoms with E-state index in [0.29, 0.717) is 47.5 Å². The van der Waals surface area contributed by atoms with Gasteiger partial charge in [-0.15, -0.1) is 0 Å². The highest BCUT2D eigenvalue weighted by Crippen LogP contribution is 2.28. The minimum atomic E-state index is -0.386. The molecule has 0 radical (unpaired) electrons. The molecule has 27 heavy (non-hydrogen) atoms. The van der Waals surface area contributed by atoms with Crippen LogP contribution in [0.2, 0.25) is 10.0 Å². The molecule has 0 saturated carbocycles. The lowest BCUT2D eigenvalue weighted by Gasteiger charge is -2.35. The molecule has 0 aliphatic carbocycles. The summed E-state index contributed by atoms with van der Waals surface area (Å²) in [6.45, 7) is 2.01. The Bertz CT molecular complexity index is 873. The normalized spacial score (nSPS) is 14.6. The SMILES string of the molecule is O=C(/C=C/c1c(Cl)cccc1Cl)N1CCN(c2ccccc2[N+](=O)[O-])CC1. The summed E-state index contributed by atoms with van der Waals surface area (Å²) < 4.78 is 0. The molecule has 8 heteroatoms. The van der Waals surface area contributed by atoms with E-state index in [4.69, 9.17) is 23.2 Å². The number of para-hydroxylation sites is 2. The van der Waals surface area contributed by atoms with Crippen molar-refractivity contribution < 1.29 is 9.72 Å². The molecular weight excluding hydrogens is 389 g/mol. The Hall–Kier alpha value is -2.57. The molecule has 3 rings (SSSR count). The molecule has 1 saturated heterocycles. The maximum Gasteiger partial charge on any atom is 0.292 e. The van der Waals surface area contributed by atoms with E-state index < -0.39 is 0 Å². The number of carbonyl (C=O) groups excluding carboxylic acids is 1. The molecular formula is C19H17Cl2N3O3. The molecule has 140 valence electrons. The van der Waals surface area contributed by atoms with E-state index in [1.165, 1.54) is 12.1 Å². The van der Waals surface area contributed by atoms with Gasteiger partial charge in [-0.3, -0.25) is 14.9 Å². The third kappa shape index (κ3) is 4.40. The molecule has 6 nitrogen and oxygen atoms in total. The van der Waals surface area contributed by atoms with Crippen molar-refractivity contribution in [2.45, 2.75) is 0 Å². The number of nitro groups is 1. The van der Waals surface area contributed by atoms with E-state index in [2.05, 4.69) is 0 Å². The van der Waals surface area contributed by atoms with Gasteiger partial charge in [0.15, 0.2) is 0 Å². The molecule has 0 spiro atoms. The Kier molecular flexibility index (Phi) is 5.98. The molecule has 1 heterocycles. The maximum absolute atomic E-state index is 12.4. The lowest BCUT2D eigenvalue weighted by Crippen LogP contribution is -2.48. The van der Waals surface area contributed by atoms with Gasteiger partial charge in [0.25, 0.3) is 5.69 Å². The van der Waals surface area contributed by atoms with Crippen LogP contribution in [0.3, 0.4) is 0 Å². The first-order valence-corrected chi connectivity index (χ1v) is 9.12. The Labute approximate surface area is 166 Å². The zero-order valence-electron chi connectivity index (χ0n) is 14.3. The summed E-state index contributed by atoms with van der Waals surface area (Å²) in [4.78, 5) is 26.9. The standard InChI is InChI=1S/C19H17Cl2N3O3/c20-15-4-3-5-16(21)14(15)8-9-19(25)23-12-10-22(11-13-23)17-6-1-2-7-18(17)24(26)27/h1-9H,10-13H2/b9-8+. The minimum Gasteiger partial charge on any atom is -0.362 e. The van der Waals surface area contributed by atoms with E-state index in [1.54, 1.807) is 47.4 Å². The Morgan fingerprint density at radius 3 is 2.26 bits per heavy atom. The average Bonchev–Trinajstić information content (AvgIpc) is 2.67. The monoisotopic (exact) mass is 405 g/mol. The molecule has 0 aromatic heterocycles. The number of hydrogen-bond acceptors (Lipinski definition) is 4. The van der Waals surface area contributed by atoms with Gasteiger partial charge in [0, 0.05) is 53.9 Å². The van der Waals surface area contributed by atoms with E-state index in [9.17, 15) is 14.9 Å². The second-order valence-electron chi connectivity index (χ2n) is 6.03. The Morgan fingerprint density at radius 1 is 1.00 bits per heavy atom. The lowest BCUT2D eigenvalue weighted by molar-refractivity contribution is -0.384. The van der Waals surface area contributed by atoms with E-state index >= 15 is 0 Å². The summed E-state index contributed by atoms with van der Waals surface area (Å²) in [5.74, 6) is -0.145. The van der Waals surface area contributed by atoms with Crippen LogP contribution in [-0.4, -0.2) is 41.9 Å². The summed E-state index contributed by atoms with van der Waals surface area (Å²) in [5, 5.41) is 12.2. The number of halogens is 2. The summed E-state index contributed by atoms with van der Waals surface area (Å²) in [5.41, 5.74) is 1.26. The summed E-state index contributed by atoms with van der Waals surface area (Å²) in [6.07, 6.45) is 3.06. The first kappa shape index (κ1) is 19.2. The fourth-order valence-electron chi connectivity index (χ4n) is 2.98. The Morgan fingerprint density at radius 2 is 1.63 bits per heavy atom. The minimum absolute atomic E-state index is 0.0746. The molecule has 0 bridgehead atoms. The summed E-state index contributed by atoms with van der Waals surface area (Å²) in [6, 6.07) is 11.8. The van der Waals surface area contributed by atoms with Crippen molar-refractivity contribution in [3.05, 3.63) is 74.3 Å². The van der Waals surface area contributed by atoms with Gasteiger partial charge in [0.05, 0.1) is 4.92 Å². The van der Waals surface area contributed by atoms with Gasteiger partial charge in [-0.05, 0) is 24.3 Å².